The Bertz CT molecular complexity index is 283. The summed E-state index contributed by atoms with van der Waals surface area (Å²) in [5.74, 6) is 0. The highest BCUT2D eigenvalue weighted by Crippen LogP contribution is 2.23. The van der Waals surface area contributed by atoms with Crippen molar-refractivity contribution >= 4 is 11.3 Å². The van der Waals surface area contributed by atoms with Gasteiger partial charge < -0.3 is 5.32 Å². The van der Waals surface area contributed by atoms with E-state index in [2.05, 4.69) is 28.6 Å². The highest BCUT2D eigenvalue weighted by atomic mass is 32.1. The molecule has 1 N–H and O–H groups in total. The lowest BCUT2D eigenvalue weighted by Crippen LogP contribution is -2.35. The van der Waals surface area contributed by atoms with Crippen LogP contribution in [0.15, 0.2) is 11.4 Å². The fourth-order valence-corrected chi connectivity index (χ4v) is 2.80. The Kier molecular flexibility index (Phi) is 3.56. The molecular weight excluding hydrogens is 192 g/mol. The molecule has 0 radical (unpaired) electrons. The monoisotopic (exact) mass is 210 g/mol. The van der Waals surface area contributed by atoms with E-state index in [9.17, 15) is 0 Å². The van der Waals surface area contributed by atoms with E-state index in [4.69, 9.17) is 0 Å². The Hall–Kier alpha value is -0.380. The highest BCUT2D eigenvalue weighted by molar-refractivity contribution is 7.10. The van der Waals surface area contributed by atoms with Gasteiger partial charge in [0.1, 0.15) is 0 Å². The molecule has 0 saturated heterocycles. The molecule has 0 fully saturated rings. The number of thiophene rings is 1. The summed E-state index contributed by atoms with van der Waals surface area (Å²) in [5.41, 5.74) is 1.55. The lowest BCUT2D eigenvalue weighted by molar-refractivity contribution is 0.256. The van der Waals surface area contributed by atoms with Gasteiger partial charge in [-0.15, -0.1) is 11.3 Å². The van der Waals surface area contributed by atoms with E-state index in [1.165, 1.54) is 19.5 Å². The van der Waals surface area contributed by atoms with Gasteiger partial charge in [0.2, 0.25) is 0 Å². The Morgan fingerprint density at radius 1 is 1.57 bits per heavy atom. The molecule has 0 bridgehead atoms. The summed E-state index contributed by atoms with van der Waals surface area (Å²) >= 11 is 1.91. The zero-order valence-corrected chi connectivity index (χ0v) is 9.57. The molecule has 1 aliphatic rings. The minimum Gasteiger partial charge on any atom is -0.316 e. The molecule has 1 aromatic heterocycles. The topological polar surface area (TPSA) is 15.3 Å². The second kappa shape index (κ2) is 4.91. The minimum absolute atomic E-state index is 1.08. The van der Waals surface area contributed by atoms with Crippen molar-refractivity contribution in [1.29, 1.82) is 0 Å². The van der Waals surface area contributed by atoms with Crippen molar-refractivity contribution in [3.05, 3.63) is 21.9 Å². The van der Waals surface area contributed by atoms with Gasteiger partial charge in [-0.3, -0.25) is 4.90 Å². The minimum atomic E-state index is 1.08. The Morgan fingerprint density at radius 2 is 2.50 bits per heavy atom. The lowest BCUT2D eigenvalue weighted by Gasteiger charge is -2.26. The van der Waals surface area contributed by atoms with Gasteiger partial charge >= 0.3 is 0 Å². The molecule has 0 aliphatic carbocycles. The van der Waals surface area contributed by atoms with Crippen molar-refractivity contribution in [2.75, 3.05) is 26.2 Å². The number of nitrogens with zero attached hydrogens (tertiary/aromatic N) is 1. The van der Waals surface area contributed by atoms with Crippen molar-refractivity contribution in [1.82, 2.24) is 10.2 Å². The molecule has 0 spiro atoms. The number of hydrogen-bond acceptors (Lipinski definition) is 3. The fraction of sp³-hybridized carbons (Fsp3) is 0.636. The first-order chi connectivity index (χ1) is 6.90. The number of rotatable bonds is 4. The van der Waals surface area contributed by atoms with Crippen molar-refractivity contribution in [3.8, 4) is 0 Å². The highest BCUT2D eigenvalue weighted by Gasteiger charge is 2.15. The second-order valence-corrected chi connectivity index (χ2v) is 4.75. The summed E-state index contributed by atoms with van der Waals surface area (Å²) in [6, 6.07) is 2.28. The van der Waals surface area contributed by atoms with Gasteiger partial charge in [0.15, 0.2) is 0 Å². The summed E-state index contributed by atoms with van der Waals surface area (Å²) in [5, 5.41) is 5.59. The standard InChI is InChI=1S/C11H18N2S/c1-2-12-5-7-13-6-3-11-10(9-13)4-8-14-11/h4,8,12H,2-3,5-7,9H2,1H3. The first-order valence-electron chi connectivity index (χ1n) is 5.38. The van der Waals surface area contributed by atoms with E-state index in [1.807, 2.05) is 11.3 Å². The van der Waals surface area contributed by atoms with E-state index in [0.717, 1.165) is 19.6 Å². The van der Waals surface area contributed by atoms with Crippen LogP contribution in [-0.4, -0.2) is 31.1 Å². The molecule has 3 heteroatoms. The average molecular weight is 210 g/mol. The van der Waals surface area contributed by atoms with Crippen LogP contribution in [0.3, 0.4) is 0 Å². The van der Waals surface area contributed by atoms with E-state index < -0.39 is 0 Å². The molecule has 78 valence electrons. The molecule has 0 aromatic carbocycles. The molecule has 2 rings (SSSR count). The maximum absolute atomic E-state index is 3.37. The summed E-state index contributed by atoms with van der Waals surface area (Å²) < 4.78 is 0. The van der Waals surface area contributed by atoms with E-state index in [0.29, 0.717) is 0 Å². The van der Waals surface area contributed by atoms with Crippen LogP contribution in [-0.2, 0) is 13.0 Å². The summed E-state index contributed by atoms with van der Waals surface area (Å²) in [4.78, 5) is 4.14. The fourth-order valence-electron chi connectivity index (χ4n) is 1.91. The van der Waals surface area contributed by atoms with E-state index in [-0.39, 0.29) is 0 Å². The van der Waals surface area contributed by atoms with Gasteiger partial charge in [0.05, 0.1) is 0 Å². The lowest BCUT2D eigenvalue weighted by atomic mass is 10.1. The smallest absolute Gasteiger partial charge is 0.0245 e. The maximum Gasteiger partial charge on any atom is 0.0245 e. The van der Waals surface area contributed by atoms with Gasteiger partial charge in [0.25, 0.3) is 0 Å². The largest absolute Gasteiger partial charge is 0.316 e. The number of fused-ring (bicyclic) bond motifs is 1. The summed E-state index contributed by atoms with van der Waals surface area (Å²) in [7, 11) is 0. The normalized spacial score (nSPS) is 16.9. The Labute approximate surface area is 89.9 Å². The molecule has 0 amide bonds. The molecule has 0 atom stereocenters. The first kappa shape index (κ1) is 10.1. The molecule has 14 heavy (non-hydrogen) atoms. The van der Waals surface area contributed by atoms with Crippen molar-refractivity contribution in [3.63, 3.8) is 0 Å². The van der Waals surface area contributed by atoms with Crippen LogP contribution < -0.4 is 5.32 Å². The maximum atomic E-state index is 3.37. The second-order valence-electron chi connectivity index (χ2n) is 3.75. The van der Waals surface area contributed by atoms with Crippen LogP contribution in [0.4, 0.5) is 0 Å². The number of nitrogens with one attached hydrogen (secondary N) is 1. The SMILES string of the molecule is CCNCCN1CCc2sccc2C1. The number of hydrogen-bond donors (Lipinski definition) is 1. The van der Waals surface area contributed by atoms with Crippen LogP contribution >= 0.6 is 11.3 Å². The van der Waals surface area contributed by atoms with Crippen molar-refractivity contribution < 1.29 is 0 Å². The van der Waals surface area contributed by atoms with E-state index in [1.54, 1.807) is 10.4 Å². The third-order valence-corrected chi connectivity index (χ3v) is 3.76. The predicted octanol–water partition coefficient (Wildman–Crippen LogP) is 1.72. The molecular formula is C11H18N2S. The van der Waals surface area contributed by atoms with Crippen molar-refractivity contribution in [2.45, 2.75) is 19.9 Å². The van der Waals surface area contributed by atoms with E-state index >= 15 is 0 Å². The third kappa shape index (κ3) is 2.35. The first-order valence-corrected chi connectivity index (χ1v) is 6.26. The molecule has 2 heterocycles. The van der Waals surface area contributed by atoms with Gasteiger partial charge in [-0.05, 0) is 30.0 Å². The van der Waals surface area contributed by atoms with Gasteiger partial charge in [-0.2, -0.15) is 0 Å². The van der Waals surface area contributed by atoms with Crippen LogP contribution in [0.2, 0.25) is 0 Å². The van der Waals surface area contributed by atoms with Crippen LogP contribution in [0.5, 0.6) is 0 Å². The van der Waals surface area contributed by atoms with Crippen molar-refractivity contribution in [2.24, 2.45) is 0 Å². The Morgan fingerprint density at radius 3 is 3.36 bits per heavy atom. The Balaban J connectivity index is 1.82. The molecule has 0 unspecified atom stereocenters. The van der Waals surface area contributed by atoms with Crippen LogP contribution in [0, 0.1) is 0 Å². The van der Waals surface area contributed by atoms with Crippen LogP contribution in [0.25, 0.3) is 0 Å². The number of likely N-dealkylation sites (N-methyl/N-ethyl adjacent to an activating group) is 1. The summed E-state index contributed by atoms with van der Waals surface area (Å²) in [6.45, 7) is 7.94. The molecule has 0 saturated carbocycles. The predicted molar refractivity (Wildman–Crippen MR) is 61.8 cm³/mol. The summed E-state index contributed by atoms with van der Waals surface area (Å²) in [6.07, 6.45) is 1.25. The zero-order chi connectivity index (χ0) is 9.80. The molecule has 1 aromatic rings. The van der Waals surface area contributed by atoms with Gasteiger partial charge in [-0.25, -0.2) is 0 Å². The quantitative estimate of drug-likeness (QED) is 0.761. The average Bonchev–Trinajstić information content (AvgIpc) is 2.65. The molecule has 1 aliphatic heterocycles. The zero-order valence-electron chi connectivity index (χ0n) is 8.75. The third-order valence-electron chi connectivity index (χ3n) is 2.74. The molecule has 2 nitrogen and oxygen atoms in total. The van der Waals surface area contributed by atoms with Gasteiger partial charge in [-0.1, -0.05) is 6.92 Å². The van der Waals surface area contributed by atoms with Gasteiger partial charge in [0, 0.05) is 31.1 Å². The van der Waals surface area contributed by atoms with Crippen LogP contribution in [0.1, 0.15) is 17.4 Å².